The summed E-state index contributed by atoms with van der Waals surface area (Å²) < 4.78 is 0.791. The Balaban J connectivity index is 1.79. The summed E-state index contributed by atoms with van der Waals surface area (Å²) in [7, 11) is 0. The molecule has 1 aliphatic heterocycles. The number of pyridine rings is 3. The maximum absolute atomic E-state index is 4.84. The van der Waals surface area contributed by atoms with Gasteiger partial charge in [0, 0.05) is 35.3 Å². The quantitative estimate of drug-likeness (QED) is 0.414. The summed E-state index contributed by atoms with van der Waals surface area (Å²) in [6, 6.07) is 9.77. The van der Waals surface area contributed by atoms with Crippen molar-refractivity contribution in [2.45, 2.75) is 0 Å². The molecular formula is C18H11BrN6. The van der Waals surface area contributed by atoms with Crippen LogP contribution in [-0.2, 0) is 0 Å². The summed E-state index contributed by atoms with van der Waals surface area (Å²) in [4.78, 5) is 21.3. The van der Waals surface area contributed by atoms with Crippen LogP contribution in [0, 0.1) is 0 Å². The maximum atomic E-state index is 4.84. The van der Waals surface area contributed by atoms with Gasteiger partial charge >= 0.3 is 0 Å². The van der Waals surface area contributed by atoms with E-state index in [1.807, 2.05) is 30.3 Å². The fourth-order valence-corrected chi connectivity index (χ4v) is 3.19. The van der Waals surface area contributed by atoms with Crippen LogP contribution in [0.2, 0.25) is 0 Å². The van der Waals surface area contributed by atoms with Crippen molar-refractivity contribution in [1.82, 2.24) is 24.9 Å². The molecular weight excluding hydrogens is 380 g/mol. The Morgan fingerprint density at radius 2 is 1.88 bits per heavy atom. The van der Waals surface area contributed by atoms with Gasteiger partial charge < -0.3 is 10.3 Å². The molecule has 0 saturated carbocycles. The number of fused-ring (bicyclic) bond motifs is 5. The maximum Gasteiger partial charge on any atom is 0.140 e. The molecule has 6 nitrogen and oxygen atoms in total. The normalized spacial score (nSPS) is 11.7. The van der Waals surface area contributed by atoms with Gasteiger partial charge in [-0.15, -0.1) is 0 Å². The fourth-order valence-electron chi connectivity index (χ4n) is 2.95. The number of aromatic amines is 1. The molecule has 4 aromatic heterocycles. The number of aromatic nitrogens is 5. The zero-order valence-corrected chi connectivity index (χ0v) is 14.4. The van der Waals surface area contributed by atoms with Crippen LogP contribution in [0.15, 0.2) is 59.7 Å². The van der Waals surface area contributed by atoms with Crippen LogP contribution < -0.4 is 5.32 Å². The minimum atomic E-state index is 0.766. The molecule has 25 heavy (non-hydrogen) atoms. The van der Waals surface area contributed by atoms with Crippen LogP contribution in [-0.4, -0.2) is 24.9 Å². The largest absolute Gasteiger partial charge is 0.338 e. The van der Waals surface area contributed by atoms with E-state index in [1.54, 1.807) is 24.8 Å². The molecule has 0 radical (unpaired) electrons. The number of imidazole rings is 1. The van der Waals surface area contributed by atoms with Gasteiger partial charge in [-0.3, -0.25) is 4.98 Å². The molecule has 0 aromatic carbocycles. The van der Waals surface area contributed by atoms with Crippen LogP contribution in [0.1, 0.15) is 0 Å². The second-order valence-electron chi connectivity index (χ2n) is 5.62. The Kier molecular flexibility index (Phi) is 3.14. The number of rotatable bonds is 1. The van der Waals surface area contributed by atoms with Gasteiger partial charge in [-0.25, -0.2) is 15.0 Å². The smallest absolute Gasteiger partial charge is 0.140 e. The highest BCUT2D eigenvalue weighted by Gasteiger charge is 2.23. The molecule has 4 aromatic rings. The monoisotopic (exact) mass is 390 g/mol. The number of H-pyrrole nitrogens is 1. The summed E-state index contributed by atoms with van der Waals surface area (Å²) in [6.07, 6.45) is 7.12. The third-order valence-electron chi connectivity index (χ3n) is 4.11. The van der Waals surface area contributed by atoms with Crippen LogP contribution in [0.25, 0.3) is 33.9 Å². The van der Waals surface area contributed by atoms with Crippen LogP contribution >= 0.6 is 15.9 Å². The summed E-state index contributed by atoms with van der Waals surface area (Å²) in [5.74, 6) is 1.53. The van der Waals surface area contributed by atoms with Crippen molar-refractivity contribution >= 4 is 27.4 Å². The molecule has 0 saturated heterocycles. The molecule has 0 amide bonds. The molecule has 120 valence electrons. The molecule has 1 aliphatic rings. The van der Waals surface area contributed by atoms with Gasteiger partial charge in [-0.1, -0.05) is 0 Å². The molecule has 0 bridgehead atoms. The Morgan fingerprint density at radius 1 is 0.920 bits per heavy atom. The zero-order valence-electron chi connectivity index (χ0n) is 12.9. The predicted molar refractivity (Wildman–Crippen MR) is 99.3 cm³/mol. The first kappa shape index (κ1) is 14.3. The fraction of sp³-hybridized carbons (Fsp3) is 0. The molecule has 0 spiro atoms. The van der Waals surface area contributed by atoms with Crippen molar-refractivity contribution in [3.05, 3.63) is 59.7 Å². The van der Waals surface area contributed by atoms with Crippen LogP contribution in [0.5, 0.6) is 0 Å². The van der Waals surface area contributed by atoms with Crippen molar-refractivity contribution in [3.63, 3.8) is 0 Å². The zero-order chi connectivity index (χ0) is 16.8. The highest BCUT2D eigenvalue weighted by Crippen LogP contribution is 2.42. The first-order valence-corrected chi connectivity index (χ1v) is 8.47. The van der Waals surface area contributed by atoms with Crippen LogP contribution in [0.3, 0.4) is 0 Å². The summed E-state index contributed by atoms with van der Waals surface area (Å²) in [5, 5.41) is 3.35. The second-order valence-corrected chi connectivity index (χ2v) is 6.44. The highest BCUT2D eigenvalue weighted by atomic mass is 79.9. The molecule has 0 fully saturated rings. The third-order valence-corrected chi connectivity index (χ3v) is 4.58. The molecule has 5 rings (SSSR count). The Labute approximate surface area is 151 Å². The van der Waals surface area contributed by atoms with Gasteiger partial charge in [-0.2, -0.15) is 0 Å². The van der Waals surface area contributed by atoms with Crippen molar-refractivity contribution in [3.8, 4) is 33.9 Å². The van der Waals surface area contributed by atoms with E-state index in [0.29, 0.717) is 0 Å². The summed E-state index contributed by atoms with van der Waals surface area (Å²) >= 11 is 3.36. The molecule has 0 atom stereocenters. The van der Waals surface area contributed by atoms with E-state index in [9.17, 15) is 0 Å². The van der Waals surface area contributed by atoms with E-state index in [1.165, 1.54) is 0 Å². The van der Waals surface area contributed by atoms with E-state index in [2.05, 4.69) is 41.2 Å². The highest BCUT2D eigenvalue weighted by molar-refractivity contribution is 9.10. The predicted octanol–water partition coefficient (Wildman–Crippen LogP) is 4.42. The standard InChI is InChI=1S/C18H11BrN6/c19-14-4-3-10(8-22-14)17-24-15-11-5-7-20-9-13(11)23-18-12(16(15)25-17)2-1-6-21-18/h1-9H,(H,21,23)(H,24,25). The lowest BCUT2D eigenvalue weighted by molar-refractivity contribution is 1.23. The SMILES string of the molecule is Brc1ccc(-c2nc3c([nH]2)-c2ccncc2Nc2ncccc2-3)cn1. The topological polar surface area (TPSA) is 79.4 Å². The van der Waals surface area contributed by atoms with Crippen molar-refractivity contribution < 1.29 is 0 Å². The minimum Gasteiger partial charge on any atom is -0.338 e. The minimum absolute atomic E-state index is 0.766. The molecule has 0 aliphatic carbocycles. The van der Waals surface area contributed by atoms with Gasteiger partial charge in [0.15, 0.2) is 0 Å². The summed E-state index contributed by atoms with van der Waals surface area (Å²) in [5.41, 5.74) is 5.57. The van der Waals surface area contributed by atoms with E-state index in [-0.39, 0.29) is 0 Å². The lowest BCUT2D eigenvalue weighted by atomic mass is 10.1. The number of halogens is 1. The lowest BCUT2D eigenvalue weighted by Gasteiger charge is -2.07. The number of nitrogens with one attached hydrogen (secondary N) is 2. The molecule has 7 heteroatoms. The van der Waals surface area contributed by atoms with E-state index < -0.39 is 0 Å². The summed E-state index contributed by atoms with van der Waals surface area (Å²) in [6.45, 7) is 0. The first-order chi connectivity index (χ1) is 12.3. The second kappa shape index (κ2) is 5.49. The lowest BCUT2D eigenvalue weighted by Crippen LogP contribution is -1.95. The van der Waals surface area contributed by atoms with Crippen LogP contribution in [0.4, 0.5) is 11.5 Å². The van der Waals surface area contributed by atoms with Gasteiger partial charge in [-0.05, 0) is 46.3 Å². The number of hydrogen-bond acceptors (Lipinski definition) is 5. The van der Waals surface area contributed by atoms with Crippen molar-refractivity contribution in [1.29, 1.82) is 0 Å². The Hall–Kier alpha value is -3.06. The number of nitrogens with zero attached hydrogens (tertiary/aromatic N) is 4. The van der Waals surface area contributed by atoms with Gasteiger partial charge in [0.2, 0.25) is 0 Å². The first-order valence-electron chi connectivity index (χ1n) is 7.68. The third kappa shape index (κ3) is 2.32. The number of anilines is 2. The molecule has 5 heterocycles. The Morgan fingerprint density at radius 3 is 2.76 bits per heavy atom. The van der Waals surface area contributed by atoms with Crippen molar-refractivity contribution in [2.75, 3.05) is 5.32 Å². The average molecular weight is 391 g/mol. The van der Waals surface area contributed by atoms with Gasteiger partial charge in [0.1, 0.15) is 21.9 Å². The van der Waals surface area contributed by atoms with Crippen molar-refractivity contribution in [2.24, 2.45) is 0 Å². The molecule has 0 unspecified atom stereocenters. The van der Waals surface area contributed by atoms with E-state index in [0.717, 1.165) is 50.0 Å². The van der Waals surface area contributed by atoms with Gasteiger partial charge in [0.05, 0.1) is 17.6 Å². The number of hydrogen-bond donors (Lipinski definition) is 2. The van der Waals surface area contributed by atoms with E-state index in [4.69, 9.17) is 4.98 Å². The Bertz CT molecular complexity index is 1020. The molecule has 2 N–H and O–H groups in total. The average Bonchev–Trinajstić information content (AvgIpc) is 3.03. The van der Waals surface area contributed by atoms with Gasteiger partial charge in [0.25, 0.3) is 0 Å². The van der Waals surface area contributed by atoms with E-state index >= 15 is 0 Å².